The van der Waals surface area contributed by atoms with Crippen LogP contribution >= 0.6 is 0 Å². The lowest BCUT2D eigenvalue weighted by atomic mass is 9.77. The van der Waals surface area contributed by atoms with Crippen LogP contribution in [0.2, 0.25) is 0 Å². The summed E-state index contributed by atoms with van der Waals surface area (Å²) in [4.78, 5) is 24.2. The van der Waals surface area contributed by atoms with E-state index in [0.29, 0.717) is 12.8 Å². The smallest absolute Gasteiger partial charge is 0.329 e. The highest BCUT2D eigenvalue weighted by Gasteiger charge is 2.46. The topological polar surface area (TPSA) is 69.6 Å². The lowest BCUT2D eigenvalue weighted by Crippen LogP contribution is -2.61. The van der Waals surface area contributed by atoms with Crippen molar-refractivity contribution in [3.8, 4) is 0 Å². The first kappa shape index (κ1) is 11.8. The highest BCUT2D eigenvalue weighted by atomic mass is 16.4. The number of carbonyl (C=O) groups is 2. The van der Waals surface area contributed by atoms with Crippen molar-refractivity contribution >= 4 is 12.0 Å². The molecule has 0 unspecified atom stereocenters. The Kier molecular flexibility index (Phi) is 3.21. The fourth-order valence-electron chi connectivity index (χ4n) is 1.45. The third-order valence-electron chi connectivity index (χ3n) is 3.06. The normalized spacial score (nSPS) is 18.1. The van der Waals surface area contributed by atoms with Crippen LogP contribution in [-0.4, -0.2) is 40.6 Å². The number of hydrogen-bond donors (Lipinski definition) is 2. The number of carboxylic acid groups (broad SMARTS) is 1. The summed E-state index contributed by atoms with van der Waals surface area (Å²) in [6, 6.07) is -0.247. The Bertz CT molecular complexity index is 272. The van der Waals surface area contributed by atoms with Crippen LogP contribution in [0.4, 0.5) is 4.79 Å². The molecule has 1 aliphatic rings. The Labute approximate surface area is 89.4 Å². The van der Waals surface area contributed by atoms with E-state index in [-0.39, 0.29) is 12.1 Å². The van der Waals surface area contributed by atoms with Gasteiger partial charge in [-0.25, -0.2) is 9.59 Å². The van der Waals surface area contributed by atoms with Crippen LogP contribution in [0.25, 0.3) is 0 Å². The number of nitrogens with zero attached hydrogens (tertiary/aromatic N) is 1. The molecule has 1 rings (SSSR count). The summed E-state index contributed by atoms with van der Waals surface area (Å²) < 4.78 is 0. The number of nitrogens with one attached hydrogen (secondary N) is 1. The van der Waals surface area contributed by atoms with Gasteiger partial charge < -0.3 is 15.3 Å². The Morgan fingerprint density at radius 1 is 1.40 bits per heavy atom. The average Bonchev–Trinajstić information content (AvgIpc) is 2.08. The van der Waals surface area contributed by atoms with Crippen molar-refractivity contribution < 1.29 is 14.7 Å². The van der Waals surface area contributed by atoms with Gasteiger partial charge in [-0.3, -0.25) is 0 Å². The van der Waals surface area contributed by atoms with Gasteiger partial charge in [0.25, 0.3) is 0 Å². The predicted octanol–water partition coefficient (Wildman–Crippen LogP) is 1.04. The third-order valence-corrected chi connectivity index (χ3v) is 3.06. The predicted molar refractivity (Wildman–Crippen MR) is 55.6 cm³/mol. The van der Waals surface area contributed by atoms with Crippen molar-refractivity contribution in [1.82, 2.24) is 10.2 Å². The molecule has 0 heterocycles. The second kappa shape index (κ2) is 4.08. The van der Waals surface area contributed by atoms with E-state index in [2.05, 4.69) is 5.32 Å². The second-order valence-corrected chi connectivity index (χ2v) is 4.38. The van der Waals surface area contributed by atoms with Crippen LogP contribution in [0.15, 0.2) is 0 Å². The molecule has 0 bridgehead atoms. The zero-order valence-corrected chi connectivity index (χ0v) is 9.41. The van der Waals surface area contributed by atoms with Crippen LogP contribution in [0.5, 0.6) is 0 Å². The van der Waals surface area contributed by atoms with E-state index in [1.165, 1.54) is 4.90 Å². The fraction of sp³-hybridized carbons (Fsp3) is 0.800. The van der Waals surface area contributed by atoms with Crippen molar-refractivity contribution in [1.29, 1.82) is 0 Å². The molecule has 0 atom stereocenters. The molecule has 1 fully saturated rings. The van der Waals surface area contributed by atoms with Gasteiger partial charge in [-0.05, 0) is 33.1 Å². The summed E-state index contributed by atoms with van der Waals surface area (Å²) in [6.45, 7) is 3.77. The number of hydrogen-bond acceptors (Lipinski definition) is 2. The van der Waals surface area contributed by atoms with E-state index in [0.717, 1.165) is 6.42 Å². The van der Waals surface area contributed by atoms with Gasteiger partial charge in [-0.15, -0.1) is 0 Å². The van der Waals surface area contributed by atoms with Gasteiger partial charge in [-0.2, -0.15) is 0 Å². The van der Waals surface area contributed by atoms with Gasteiger partial charge in [-0.1, -0.05) is 0 Å². The summed E-state index contributed by atoms with van der Waals surface area (Å²) in [5, 5.41) is 11.6. The van der Waals surface area contributed by atoms with E-state index in [1.54, 1.807) is 7.05 Å². The largest absolute Gasteiger partial charge is 0.480 e. The summed E-state index contributed by atoms with van der Waals surface area (Å²) in [7, 11) is 1.66. The van der Waals surface area contributed by atoms with Crippen LogP contribution in [0.3, 0.4) is 0 Å². The molecule has 2 amide bonds. The van der Waals surface area contributed by atoms with E-state index in [1.807, 2.05) is 13.8 Å². The number of aliphatic carboxylic acids is 1. The molecule has 0 aromatic heterocycles. The maximum absolute atomic E-state index is 11.6. The van der Waals surface area contributed by atoms with Crippen molar-refractivity contribution in [3.05, 3.63) is 0 Å². The molecule has 1 saturated carbocycles. The van der Waals surface area contributed by atoms with E-state index in [4.69, 9.17) is 5.11 Å². The Hall–Kier alpha value is -1.26. The molecule has 1 aliphatic carbocycles. The molecule has 0 spiro atoms. The molecule has 86 valence electrons. The van der Waals surface area contributed by atoms with Crippen molar-refractivity contribution in [2.75, 3.05) is 7.05 Å². The molecule has 0 radical (unpaired) electrons. The Morgan fingerprint density at radius 2 is 1.93 bits per heavy atom. The number of rotatable bonds is 3. The van der Waals surface area contributed by atoms with Crippen molar-refractivity contribution in [3.63, 3.8) is 0 Å². The minimum atomic E-state index is -1.01. The Morgan fingerprint density at radius 3 is 2.20 bits per heavy atom. The zero-order valence-electron chi connectivity index (χ0n) is 9.41. The minimum absolute atomic E-state index is 0.0657. The van der Waals surface area contributed by atoms with Crippen LogP contribution in [0, 0.1) is 0 Å². The van der Waals surface area contributed by atoms with Crippen molar-refractivity contribution in [2.24, 2.45) is 0 Å². The maximum Gasteiger partial charge on any atom is 0.329 e. The molecule has 0 aromatic rings. The quantitative estimate of drug-likeness (QED) is 0.737. The van der Waals surface area contributed by atoms with Gasteiger partial charge in [0.2, 0.25) is 0 Å². The molecule has 0 aromatic carbocycles. The average molecular weight is 214 g/mol. The van der Waals surface area contributed by atoms with Crippen LogP contribution in [0.1, 0.15) is 33.1 Å². The first-order chi connectivity index (χ1) is 6.89. The highest BCUT2D eigenvalue weighted by Crippen LogP contribution is 2.32. The first-order valence-electron chi connectivity index (χ1n) is 5.17. The first-order valence-corrected chi connectivity index (χ1v) is 5.17. The van der Waals surface area contributed by atoms with Crippen LogP contribution < -0.4 is 5.32 Å². The fourth-order valence-corrected chi connectivity index (χ4v) is 1.45. The summed E-state index contributed by atoms with van der Waals surface area (Å²) in [5.74, 6) is -0.931. The van der Waals surface area contributed by atoms with E-state index < -0.39 is 11.5 Å². The molecule has 2 N–H and O–H groups in total. The van der Waals surface area contributed by atoms with E-state index in [9.17, 15) is 9.59 Å². The molecular formula is C10H18N2O3. The van der Waals surface area contributed by atoms with Gasteiger partial charge >= 0.3 is 12.0 Å². The number of carbonyl (C=O) groups excluding carboxylic acids is 1. The monoisotopic (exact) mass is 214 g/mol. The molecule has 5 heteroatoms. The molecule has 5 nitrogen and oxygen atoms in total. The Balaban J connectivity index is 2.60. The lowest BCUT2D eigenvalue weighted by Gasteiger charge is -2.39. The molecule has 15 heavy (non-hydrogen) atoms. The lowest BCUT2D eigenvalue weighted by molar-refractivity contribution is -0.148. The summed E-state index contributed by atoms with van der Waals surface area (Å²) >= 11 is 0. The molecule has 0 saturated heterocycles. The summed E-state index contributed by atoms with van der Waals surface area (Å²) in [5.41, 5.74) is -1.01. The number of amides is 2. The van der Waals surface area contributed by atoms with Gasteiger partial charge in [0.15, 0.2) is 0 Å². The molecular weight excluding hydrogens is 196 g/mol. The minimum Gasteiger partial charge on any atom is -0.480 e. The highest BCUT2D eigenvalue weighted by molar-refractivity contribution is 5.87. The SMILES string of the molecule is CC(C)N(C)C(=O)NC1(C(=O)O)CCC1. The van der Waals surface area contributed by atoms with Crippen LogP contribution in [-0.2, 0) is 4.79 Å². The van der Waals surface area contributed by atoms with E-state index >= 15 is 0 Å². The van der Waals surface area contributed by atoms with Gasteiger partial charge in [0.05, 0.1) is 0 Å². The zero-order chi connectivity index (χ0) is 11.6. The molecule has 0 aliphatic heterocycles. The second-order valence-electron chi connectivity index (χ2n) is 4.38. The van der Waals surface area contributed by atoms with Crippen molar-refractivity contribution in [2.45, 2.75) is 44.7 Å². The van der Waals surface area contributed by atoms with Gasteiger partial charge in [0, 0.05) is 13.1 Å². The maximum atomic E-state index is 11.6. The summed E-state index contributed by atoms with van der Waals surface area (Å²) in [6.07, 6.45) is 1.91. The van der Waals surface area contributed by atoms with Gasteiger partial charge in [0.1, 0.15) is 5.54 Å². The standard InChI is InChI=1S/C10H18N2O3/c1-7(2)12(3)9(15)11-10(8(13)14)5-4-6-10/h7H,4-6H2,1-3H3,(H,11,15)(H,13,14). The third kappa shape index (κ3) is 2.22. The number of urea groups is 1. The number of carboxylic acids is 1.